The van der Waals surface area contributed by atoms with Crippen LogP contribution in [0.1, 0.15) is 80.3 Å². The average Bonchev–Trinajstić information content (AvgIpc) is 3.26. The third-order valence-corrected chi connectivity index (χ3v) is 15.9. The van der Waals surface area contributed by atoms with Gasteiger partial charge in [0.1, 0.15) is 11.4 Å². The number of amides is 1. The highest BCUT2D eigenvalue weighted by Gasteiger charge is 2.51. The van der Waals surface area contributed by atoms with Gasteiger partial charge >= 0.3 is 0 Å². The molecule has 4 heterocycles. The van der Waals surface area contributed by atoms with Crippen LogP contribution in [0, 0.1) is 23.7 Å². The van der Waals surface area contributed by atoms with Crippen LogP contribution in [0.2, 0.25) is 5.02 Å². The molecular formula is C42H56ClN3O5S. The second-order valence-electron chi connectivity index (χ2n) is 16.8. The van der Waals surface area contributed by atoms with Gasteiger partial charge in [-0.25, -0.2) is 4.21 Å². The first kappa shape index (κ1) is 36.4. The van der Waals surface area contributed by atoms with Crippen LogP contribution >= 0.6 is 11.6 Å². The highest BCUT2D eigenvalue weighted by Crippen LogP contribution is 2.50. The quantitative estimate of drug-likeness (QED) is 0.271. The van der Waals surface area contributed by atoms with Crippen LogP contribution in [0.15, 0.2) is 48.6 Å². The molecule has 2 bridgehead atoms. The van der Waals surface area contributed by atoms with Crippen molar-refractivity contribution in [1.29, 1.82) is 0 Å². The van der Waals surface area contributed by atoms with E-state index in [1.807, 2.05) is 25.1 Å². The second-order valence-corrected chi connectivity index (χ2v) is 19.6. The molecule has 52 heavy (non-hydrogen) atoms. The number of carbonyl (C=O) groups is 1. The summed E-state index contributed by atoms with van der Waals surface area (Å²) in [5.41, 5.74) is 3.42. The fourth-order valence-electron chi connectivity index (χ4n) is 10.1. The average molecular weight is 750 g/mol. The Morgan fingerprint density at radius 2 is 1.90 bits per heavy atom. The lowest BCUT2D eigenvalue weighted by Gasteiger charge is -2.54. The lowest BCUT2D eigenvalue weighted by atomic mass is 9.63. The third-order valence-electron chi connectivity index (χ3n) is 13.5. The molecule has 0 aromatic heterocycles. The fraction of sp³-hybridized carbons (Fsp3) is 0.619. The van der Waals surface area contributed by atoms with E-state index in [0.29, 0.717) is 36.5 Å². The van der Waals surface area contributed by atoms with Gasteiger partial charge in [-0.05, 0) is 129 Å². The van der Waals surface area contributed by atoms with Crippen molar-refractivity contribution in [3.05, 3.63) is 70.3 Å². The molecule has 2 aliphatic carbocycles. The minimum absolute atomic E-state index is 0.0472. The Hall–Kier alpha value is -2.56. The van der Waals surface area contributed by atoms with Crippen LogP contribution < -0.4 is 14.4 Å². The van der Waals surface area contributed by atoms with E-state index in [2.05, 4.69) is 51.6 Å². The van der Waals surface area contributed by atoms with Gasteiger partial charge in [0.15, 0.2) is 0 Å². The Kier molecular flexibility index (Phi) is 10.2. The van der Waals surface area contributed by atoms with Gasteiger partial charge in [0.2, 0.25) is 0 Å². The van der Waals surface area contributed by atoms with Crippen molar-refractivity contribution in [2.75, 3.05) is 64.1 Å². The van der Waals surface area contributed by atoms with Gasteiger partial charge < -0.3 is 19.1 Å². The first-order valence-electron chi connectivity index (χ1n) is 19.6. The number of aryl methyl sites for hydroxylation is 1. The minimum Gasteiger partial charge on any atom is -0.490 e. The molecule has 1 unspecified atom stereocenters. The van der Waals surface area contributed by atoms with Gasteiger partial charge in [0, 0.05) is 67.2 Å². The maximum absolute atomic E-state index is 14.0. The molecular weight excluding hydrogens is 694 g/mol. The normalized spacial score (nSPS) is 36.5. The van der Waals surface area contributed by atoms with Crippen molar-refractivity contribution >= 4 is 38.8 Å². The smallest absolute Gasteiger partial charge is 0.262 e. The van der Waals surface area contributed by atoms with Gasteiger partial charge in [-0.1, -0.05) is 36.7 Å². The number of carbonyl (C=O) groups excluding carboxylic acids is 1. The van der Waals surface area contributed by atoms with Crippen molar-refractivity contribution in [1.82, 2.24) is 9.62 Å². The number of anilines is 1. The first-order valence-corrected chi connectivity index (χ1v) is 21.8. The van der Waals surface area contributed by atoms with Crippen LogP contribution in [0.3, 0.4) is 0 Å². The van der Waals surface area contributed by atoms with E-state index in [-0.39, 0.29) is 22.5 Å². The molecule has 2 spiro atoms. The van der Waals surface area contributed by atoms with E-state index in [9.17, 15) is 9.00 Å². The molecule has 2 saturated heterocycles. The standard InChI is InChI=1S/C42H56ClN3O5S/c1-29-6-4-17-42(27-45(18-21-51-42)24-31-14-19-49-20-15-31)37-11-8-34(37)25-46-26-41(16-5-7-32-22-35(43)10-12-36(32)41)28-50-39-13-9-33(23-38(39)46)40(47)44-52(3,48)30(29)2/h4,9-10,12-13,17,22-23,29-31,34,37H,3,5-8,11,14-16,18-21,24-28H2,1-2H3,(H,44,47,48)/b17-4+/t29-,30+,34-,37+,41-,42-,52?/m0/s1. The van der Waals surface area contributed by atoms with Gasteiger partial charge in [0.25, 0.3) is 5.91 Å². The van der Waals surface area contributed by atoms with Crippen LogP contribution in [-0.4, -0.2) is 90.9 Å². The summed E-state index contributed by atoms with van der Waals surface area (Å²) in [6, 6.07) is 12.1. The van der Waals surface area contributed by atoms with Crippen LogP contribution in [-0.2, 0) is 31.0 Å². The number of hydrogen-bond donors (Lipinski definition) is 1. The Morgan fingerprint density at radius 1 is 1.06 bits per heavy atom. The van der Waals surface area contributed by atoms with Gasteiger partial charge in [-0.2, -0.15) is 0 Å². The molecule has 3 fully saturated rings. The lowest BCUT2D eigenvalue weighted by Crippen LogP contribution is -2.61. The molecule has 0 radical (unpaired) electrons. The molecule has 1 saturated carbocycles. The molecule has 7 atom stereocenters. The number of rotatable bonds is 2. The van der Waals surface area contributed by atoms with E-state index in [4.69, 9.17) is 25.8 Å². The predicted octanol–water partition coefficient (Wildman–Crippen LogP) is 6.68. The van der Waals surface area contributed by atoms with E-state index < -0.39 is 15.3 Å². The topological polar surface area (TPSA) is 80.3 Å². The van der Waals surface area contributed by atoms with Crippen LogP contribution in [0.4, 0.5) is 5.69 Å². The second kappa shape index (κ2) is 14.6. The fourth-order valence-corrected chi connectivity index (χ4v) is 11.7. The number of morpholine rings is 1. The molecule has 1 amide bonds. The summed E-state index contributed by atoms with van der Waals surface area (Å²) in [6.45, 7) is 11.6. The zero-order valence-corrected chi connectivity index (χ0v) is 32.5. The zero-order valence-electron chi connectivity index (χ0n) is 31.0. The number of ether oxygens (including phenoxy) is 3. The van der Waals surface area contributed by atoms with E-state index in [1.54, 1.807) is 6.07 Å². The Morgan fingerprint density at radius 3 is 2.71 bits per heavy atom. The lowest BCUT2D eigenvalue weighted by molar-refractivity contribution is -0.147. The first-order chi connectivity index (χ1) is 25.0. The van der Waals surface area contributed by atoms with Gasteiger partial charge in [-0.15, -0.1) is 0 Å². The minimum atomic E-state index is -2.94. The van der Waals surface area contributed by atoms with Crippen LogP contribution in [0.25, 0.3) is 0 Å². The molecule has 4 aliphatic heterocycles. The summed E-state index contributed by atoms with van der Waals surface area (Å²) in [5.74, 6) is 5.97. The number of benzene rings is 2. The number of hydrogen-bond acceptors (Lipinski definition) is 7. The largest absolute Gasteiger partial charge is 0.490 e. The van der Waals surface area contributed by atoms with Crippen molar-refractivity contribution in [3.63, 3.8) is 0 Å². The van der Waals surface area contributed by atoms with Crippen molar-refractivity contribution in [2.45, 2.75) is 81.5 Å². The van der Waals surface area contributed by atoms with Gasteiger partial charge in [0.05, 0.1) is 28.6 Å². The molecule has 8 rings (SSSR count). The van der Waals surface area contributed by atoms with E-state index in [0.717, 1.165) is 114 Å². The molecule has 10 heteroatoms. The number of nitrogens with zero attached hydrogens (tertiary/aromatic N) is 2. The van der Waals surface area contributed by atoms with Gasteiger partial charge in [-0.3, -0.25) is 14.4 Å². The Labute approximate surface area is 315 Å². The van der Waals surface area contributed by atoms with Crippen molar-refractivity contribution < 1.29 is 23.2 Å². The molecule has 1 N–H and O–H groups in total. The summed E-state index contributed by atoms with van der Waals surface area (Å²) < 4.78 is 36.3. The number of fused-ring (bicyclic) bond motifs is 5. The highest BCUT2D eigenvalue weighted by atomic mass is 35.5. The summed E-state index contributed by atoms with van der Waals surface area (Å²) in [6.07, 6.45) is 13.0. The molecule has 282 valence electrons. The Balaban J connectivity index is 1.18. The summed E-state index contributed by atoms with van der Waals surface area (Å²) in [7, 11) is -2.94. The molecule has 2 aromatic rings. The van der Waals surface area contributed by atoms with Crippen molar-refractivity contribution in [2.24, 2.45) is 23.7 Å². The maximum Gasteiger partial charge on any atom is 0.262 e. The SMILES string of the molecule is C=S1(=O)NC(=O)c2ccc3c(c2)N(C[C@@H]2CC[C@H]2[C@]2(/C=C/C[C@H](C)[C@H]1C)CN(CC1CCOCC1)CCO2)C[C@@]1(CCCc2cc(Cl)ccc21)CO3. The molecule has 8 nitrogen and oxygen atoms in total. The third kappa shape index (κ3) is 7.05. The zero-order chi connectivity index (χ0) is 36.1. The monoisotopic (exact) mass is 749 g/mol. The predicted molar refractivity (Wildman–Crippen MR) is 210 cm³/mol. The van der Waals surface area contributed by atoms with Crippen LogP contribution in [0.5, 0.6) is 5.75 Å². The maximum atomic E-state index is 14.0. The molecule has 6 aliphatic rings. The Bertz CT molecular complexity index is 1800. The highest BCUT2D eigenvalue weighted by molar-refractivity contribution is 7.99. The summed E-state index contributed by atoms with van der Waals surface area (Å²) in [4.78, 5) is 19.0. The van der Waals surface area contributed by atoms with E-state index in [1.165, 1.54) is 11.1 Å². The molecule has 2 aromatic carbocycles. The summed E-state index contributed by atoms with van der Waals surface area (Å²) >= 11 is 6.52. The number of nitrogens with one attached hydrogen (secondary N) is 1. The summed E-state index contributed by atoms with van der Waals surface area (Å²) in [5, 5.41) is 0.452. The number of halogens is 1. The van der Waals surface area contributed by atoms with Crippen molar-refractivity contribution in [3.8, 4) is 5.75 Å². The van der Waals surface area contributed by atoms with E-state index >= 15 is 0 Å². The number of allylic oxidation sites excluding steroid dienone is 1.